The number of rotatable bonds is 10. The van der Waals surface area contributed by atoms with Crippen molar-refractivity contribution in [2.45, 2.75) is 44.9 Å². The third-order valence-corrected chi connectivity index (χ3v) is 7.10. The van der Waals surface area contributed by atoms with Gasteiger partial charge in [0.05, 0.1) is 25.6 Å². The molecule has 0 bridgehead atoms. The molecule has 4 atom stereocenters. The molecule has 0 spiro atoms. The number of nitrogens with zero attached hydrogens (tertiary/aromatic N) is 4. The molecule has 42 heavy (non-hydrogen) atoms. The van der Waals surface area contributed by atoms with Crippen LogP contribution >= 0.6 is 8.53 Å². The van der Waals surface area contributed by atoms with Crippen LogP contribution in [0, 0.1) is 0 Å². The van der Waals surface area contributed by atoms with Gasteiger partial charge < -0.3 is 29.0 Å². The highest BCUT2D eigenvalue weighted by Crippen LogP contribution is 2.39. The van der Waals surface area contributed by atoms with E-state index in [0.29, 0.717) is 29.3 Å². The number of aromatic nitrogens is 4. The molecule has 4 aromatic rings. The van der Waals surface area contributed by atoms with Crippen molar-refractivity contribution < 1.29 is 36.5 Å². The first-order valence-corrected chi connectivity index (χ1v) is 14.1. The molecule has 0 aliphatic carbocycles. The smallest absolute Gasteiger partial charge is 0.318 e. The molecule has 1 saturated heterocycles. The minimum Gasteiger partial charge on any atom is -0.436 e. The van der Waals surface area contributed by atoms with Gasteiger partial charge in [-0.1, -0.05) is 30.3 Å². The van der Waals surface area contributed by atoms with Gasteiger partial charge in [-0.2, -0.15) is 0 Å². The van der Waals surface area contributed by atoms with Crippen LogP contribution in [0.3, 0.4) is 0 Å². The number of hydrogen-bond acceptors (Lipinski definition) is 10. The van der Waals surface area contributed by atoms with Crippen LogP contribution in [-0.2, 0) is 18.8 Å². The Morgan fingerprint density at radius 1 is 1.19 bits per heavy atom. The molecular formula is C27H34F3N6O5P. The Labute approximate surface area is 242 Å². The molecule has 0 saturated carbocycles. The number of hydrogen-bond donors (Lipinski definition) is 2. The average molecular weight is 611 g/mol. The maximum absolute atomic E-state index is 14.8. The molecule has 0 amide bonds. The predicted octanol–water partition coefficient (Wildman–Crippen LogP) is 5.22. The monoisotopic (exact) mass is 610 g/mol. The van der Waals surface area contributed by atoms with Crippen molar-refractivity contribution in [2.75, 3.05) is 32.9 Å². The molecule has 3 heterocycles. The number of nitrogens with one attached hydrogen (secondary N) is 1. The first kappa shape index (κ1) is 33.1. The Kier molecular flexibility index (Phi) is 13.3. The van der Waals surface area contributed by atoms with Crippen molar-refractivity contribution in [3.63, 3.8) is 0 Å². The van der Waals surface area contributed by atoms with Gasteiger partial charge in [-0.15, -0.1) is 0 Å². The number of anilines is 1. The molecule has 2 aromatic heterocycles. The quantitative estimate of drug-likeness (QED) is 0.182. The molecular weight excluding hydrogens is 576 g/mol. The lowest BCUT2D eigenvalue weighted by molar-refractivity contribution is -0.107. The third-order valence-electron chi connectivity index (χ3n) is 5.90. The number of alkyl halides is 3. The van der Waals surface area contributed by atoms with E-state index in [1.165, 1.54) is 12.7 Å². The van der Waals surface area contributed by atoms with Crippen molar-refractivity contribution in [3.05, 3.63) is 55.1 Å². The molecule has 1 fully saturated rings. The van der Waals surface area contributed by atoms with Gasteiger partial charge >= 0.3 is 8.53 Å². The Balaban J connectivity index is 0.000000540. The summed E-state index contributed by atoms with van der Waals surface area (Å²) in [5.74, 6) is 0.823. The maximum atomic E-state index is 14.8. The number of halogens is 3. The van der Waals surface area contributed by atoms with E-state index in [1.54, 1.807) is 11.7 Å². The molecule has 228 valence electrons. The zero-order valence-corrected chi connectivity index (χ0v) is 24.3. The van der Waals surface area contributed by atoms with E-state index in [1.807, 2.05) is 56.3 Å². The number of carbonyl (C=O) groups excluding carboxylic acids is 1. The largest absolute Gasteiger partial charge is 0.436 e. The minimum atomic E-state index is -1.75. The lowest BCUT2D eigenvalue weighted by Gasteiger charge is -2.21. The fourth-order valence-corrected chi connectivity index (χ4v) is 4.79. The highest BCUT2D eigenvalue weighted by Gasteiger charge is 2.38. The van der Waals surface area contributed by atoms with Gasteiger partial charge in [0, 0.05) is 13.5 Å². The second-order valence-corrected chi connectivity index (χ2v) is 10.3. The van der Waals surface area contributed by atoms with Gasteiger partial charge in [-0.3, -0.25) is 4.57 Å². The van der Waals surface area contributed by atoms with Crippen LogP contribution in [0.15, 0.2) is 55.1 Å². The van der Waals surface area contributed by atoms with Crippen molar-refractivity contribution >= 4 is 42.6 Å². The second-order valence-electron chi connectivity index (χ2n) is 9.03. The fourth-order valence-electron chi connectivity index (χ4n) is 3.77. The standard InChI is InChI=1S/C22H22FN6O4P.C4H10O.CH2F2/c23-17-10-19(29-13-27-20-21(24)25-12-26-22(20)29)32-18(17)11-31-34(28-7-8-30)33-16-6-5-14-3-1-2-4-15(14)9-16;1-4(2)5-3;2-1-3/h1-6,8-9,12-13,17-19,28H,7,10-11H2,(H2,24,25,26);4H,1-3H3;1H2. The van der Waals surface area contributed by atoms with Gasteiger partial charge in [-0.25, -0.2) is 33.2 Å². The summed E-state index contributed by atoms with van der Waals surface area (Å²) >= 11 is 0. The van der Waals surface area contributed by atoms with Crippen LogP contribution in [0.5, 0.6) is 5.75 Å². The highest BCUT2D eigenvalue weighted by atomic mass is 31.2. The molecule has 5 rings (SSSR count). The van der Waals surface area contributed by atoms with Crippen LogP contribution in [0.1, 0.15) is 26.5 Å². The molecule has 0 radical (unpaired) electrons. The fraction of sp³-hybridized carbons (Fsp3) is 0.407. The first-order chi connectivity index (χ1) is 20.3. The summed E-state index contributed by atoms with van der Waals surface area (Å²) in [4.78, 5) is 23.2. The highest BCUT2D eigenvalue weighted by molar-refractivity contribution is 7.45. The number of fused-ring (bicyclic) bond motifs is 2. The third kappa shape index (κ3) is 9.30. The zero-order chi connectivity index (χ0) is 30.5. The van der Waals surface area contributed by atoms with Crippen LogP contribution in [0.25, 0.3) is 21.9 Å². The van der Waals surface area contributed by atoms with E-state index in [-0.39, 0.29) is 25.4 Å². The number of nitrogens with two attached hydrogens (primary N) is 1. The maximum Gasteiger partial charge on any atom is 0.318 e. The summed E-state index contributed by atoms with van der Waals surface area (Å²) in [5.41, 5.74) is 6.74. The van der Waals surface area contributed by atoms with Gasteiger partial charge in [0.2, 0.25) is 6.93 Å². The summed E-state index contributed by atoms with van der Waals surface area (Å²) in [7, 11) is -0.0104. The number of imidazole rings is 1. The first-order valence-electron chi connectivity index (χ1n) is 12.9. The van der Waals surface area contributed by atoms with Crippen molar-refractivity contribution in [2.24, 2.45) is 0 Å². The van der Waals surface area contributed by atoms with Crippen molar-refractivity contribution in [1.29, 1.82) is 0 Å². The van der Waals surface area contributed by atoms with E-state index in [4.69, 9.17) is 24.3 Å². The molecule has 3 N–H and O–H groups in total. The van der Waals surface area contributed by atoms with Gasteiger partial charge in [0.1, 0.15) is 42.4 Å². The second kappa shape index (κ2) is 16.9. The van der Waals surface area contributed by atoms with Crippen molar-refractivity contribution in [1.82, 2.24) is 24.6 Å². The lowest BCUT2D eigenvalue weighted by atomic mass is 10.1. The summed E-state index contributed by atoms with van der Waals surface area (Å²) in [5, 5.41) is 4.98. The molecule has 15 heteroatoms. The molecule has 4 unspecified atom stereocenters. The van der Waals surface area contributed by atoms with Gasteiger partial charge in [-0.05, 0) is 36.8 Å². The topological polar surface area (TPSA) is 136 Å². The van der Waals surface area contributed by atoms with Crippen LogP contribution < -0.4 is 15.3 Å². The number of benzene rings is 2. The lowest BCUT2D eigenvalue weighted by Crippen LogP contribution is -2.25. The SMILES string of the molecule is COC(C)C.FCF.Nc1ncnc2c1ncn2C1CC(F)C(COP(NCC=O)Oc2ccc3ccccc3c2)O1. The van der Waals surface area contributed by atoms with Crippen molar-refractivity contribution in [3.8, 4) is 5.75 Å². The van der Waals surface area contributed by atoms with Gasteiger partial charge in [0.25, 0.3) is 0 Å². The van der Waals surface area contributed by atoms with Crippen LogP contribution in [0.2, 0.25) is 0 Å². The molecule has 1 aliphatic heterocycles. The number of methoxy groups -OCH3 is 1. The number of aldehydes is 1. The Morgan fingerprint density at radius 3 is 2.60 bits per heavy atom. The normalized spacial score (nSPS) is 18.7. The Bertz CT molecular complexity index is 1400. The van der Waals surface area contributed by atoms with E-state index in [9.17, 15) is 18.0 Å². The zero-order valence-electron chi connectivity index (χ0n) is 23.4. The van der Waals surface area contributed by atoms with E-state index in [0.717, 1.165) is 10.8 Å². The minimum absolute atomic E-state index is 0.0363. The average Bonchev–Trinajstić information content (AvgIpc) is 3.59. The molecule has 11 nitrogen and oxygen atoms in total. The number of nitrogen functional groups attached to an aromatic ring is 1. The van der Waals surface area contributed by atoms with Crippen LogP contribution in [0.4, 0.5) is 19.0 Å². The van der Waals surface area contributed by atoms with E-state index >= 15 is 0 Å². The summed E-state index contributed by atoms with van der Waals surface area (Å²) in [6.45, 7) is 2.22. The number of carbonyl (C=O) groups is 1. The molecule has 1 aliphatic rings. The summed E-state index contributed by atoms with van der Waals surface area (Å²) < 4.78 is 58.1. The number of ether oxygens (including phenoxy) is 2. The Morgan fingerprint density at radius 2 is 1.90 bits per heavy atom. The summed E-state index contributed by atoms with van der Waals surface area (Å²) in [6.07, 6.45) is 1.32. The van der Waals surface area contributed by atoms with E-state index < -0.39 is 34.0 Å². The predicted molar refractivity (Wildman–Crippen MR) is 154 cm³/mol. The van der Waals surface area contributed by atoms with Gasteiger partial charge in [0.15, 0.2) is 11.5 Å². The van der Waals surface area contributed by atoms with Crippen LogP contribution in [-0.4, -0.2) is 71.4 Å². The summed E-state index contributed by atoms with van der Waals surface area (Å²) in [6, 6.07) is 13.5. The molecule has 2 aromatic carbocycles. The Hall–Kier alpha value is -3.42. The van der Waals surface area contributed by atoms with E-state index in [2.05, 4.69) is 20.0 Å².